The van der Waals surface area contributed by atoms with E-state index in [-0.39, 0.29) is 0 Å². The molecule has 0 aliphatic carbocycles. The van der Waals surface area contributed by atoms with Crippen LogP contribution in [0.1, 0.15) is 19.8 Å². The van der Waals surface area contributed by atoms with Crippen LogP contribution in [0, 0.1) is 0 Å². The minimum absolute atomic E-state index is 0.294. The minimum atomic E-state index is 0.294. The van der Waals surface area contributed by atoms with Crippen LogP contribution in [0.5, 0.6) is 11.5 Å². The van der Waals surface area contributed by atoms with Gasteiger partial charge in [-0.25, -0.2) is 0 Å². The van der Waals surface area contributed by atoms with Crippen molar-refractivity contribution in [1.29, 1.82) is 0 Å². The van der Waals surface area contributed by atoms with Crippen LogP contribution in [-0.2, 0) is 4.74 Å². The van der Waals surface area contributed by atoms with Gasteiger partial charge in [-0.2, -0.15) is 0 Å². The molecule has 1 aromatic carbocycles. The average molecular weight is 284 g/mol. The summed E-state index contributed by atoms with van der Waals surface area (Å²) in [4.78, 5) is 0. The van der Waals surface area contributed by atoms with E-state index < -0.39 is 0 Å². The lowest BCUT2D eigenvalue weighted by Gasteiger charge is -2.29. The summed E-state index contributed by atoms with van der Waals surface area (Å²) < 4.78 is 16.6. The summed E-state index contributed by atoms with van der Waals surface area (Å²) in [6.07, 6.45) is 2.28. The maximum Gasteiger partial charge on any atom is 0.163 e. The van der Waals surface area contributed by atoms with Crippen LogP contribution < -0.4 is 14.8 Å². The number of fused-ring (bicyclic) bond motifs is 1. The fourth-order valence-electron chi connectivity index (χ4n) is 2.52. The smallest absolute Gasteiger partial charge is 0.163 e. The molecule has 104 valence electrons. The zero-order valence-corrected chi connectivity index (χ0v) is 11.7. The number of anilines is 1. The third-order valence-corrected chi connectivity index (χ3v) is 3.79. The molecule has 2 unspecified atom stereocenters. The first kappa shape index (κ1) is 12.9. The Morgan fingerprint density at radius 3 is 2.63 bits per heavy atom. The Balaban J connectivity index is 1.76. The summed E-state index contributed by atoms with van der Waals surface area (Å²) in [5.41, 5.74) is 0.907. The van der Waals surface area contributed by atoms with Crippen LogP contribution in [0.25, 0.3) is 0 Å². The van der Waals surface area contributed by atoms with Crippen molar-refractivity contribution in [3.8, 4) is 11.5 Å². The molecule has 0 radical (unpaired) electrons. The highest BCUT2D eigenvalue weighted by Gasteiger charge is 2.21. The molecule has 0 amide bonds. The Kier molecular flexibility index (Phi) is 3.71. The van der Waals surface area contributed by atoms with Gasteiger partial charge in [-0.3, -0.25) is 0 Å². The SMILES string of the molecule is CC1CC(Nc2cc3c(cc2Cl)OCCO3)CCO1. The molecule has 4 nitrogen and oxygen atoms in total. The molecule has 2 aliphatic heterocycles. The Labute approximate surface area is 118 Å². The van der Waals surface area contributed by atoms with E-state index in [0.717, 1.165) is 36.6 Å². The fraction of sp³-hybridized carbons (Fsp3) is 0.571. The Hall–Kier alpha value is -1.13. The number of halogens is 1. The van der Waals surface area contributed by atoms with Gasteiger partial charge in [-0.1, -0.05) is 11.6 Å². The summed E-state index contributed by atoms with van der Waals surface area (Å²) in [5, 5.41) is 4.15. The zero-order chi connectivity index (χ0) is 13.2. The Bertz CT molecular complexity index is 466. The molecule has 1 N–H and O–H groups in total. The van der Waals surface area contributed by atoms with E-state index in [4.69, 9.17) is 25.8 Å². The van der Waals surface area contributed by atoms with Crippen molar-refractivity contribution in [2.24, 2.45) is 0 Å². The molecule has 2 atom stereocenters. The minimum Gasteiger partial charge on any atom is -0.486 e. The molecule has 0 spiro atoms. The highest BCUT2D eigenvalue weighted by Crippen LogP contribution is 2.38. The van der Waals surface area contributed by atoms with Crippen molar-refractivity contribution in [3.63, 3.8) is 0 Å². The molecule has 1 fully saturated rings. The van der Waals surface area contributed by atoms with E-state index in [0.29, 0.717) is 30.4 Å². The molecule has 0 bridgehead atoms. The van der Waals surface area contributed by atoms with Crippen molar-refractivity contribution in [1.82, 2.24) is 0 Å². The van der Waals surface area contributed by atoms with E-state index in [1.54, 1.807) is 0 Å². The van der Waals surface area contributed by atoms with Crippen LogP contribution in [0.3, 0.4) is 0 Å². The first-order chi connectivity index (χ1) is 9.22. The van der Waals surface area contributed by atoms with E-state index in [9.17, 15) is 0 Å². The van der Waals surface area contributed by atoms with Gasteiger partial charge in [-0.05, 0) is 19.8 Å². The van der Waals surface area contributed by atoms with Gasteiger partial charge in [0.25, 0.3) is 0 Å². The highest BCUT2D eigenvalue weighted by atomic mass is 35.5. The summed E-state index contributed by atoms with van der Waals surface area (Å²) in [7, 11) is 0. The van der Waals surface area contributed by atoms with Gasteiger partial charge < -0.3 is 19.5 Å². The lowest BCUT2D eigenvalue weighted by Crippen LogP contribution is -2.32. The van der Waals surface area contributed by atoms with Crippen molar-refractivity contribution in [2.75, 3.05) is 25.1 Å². The van der Waals surface area contributed by atoms with Gasteiger partial charge in [0.05, 0.1) is 16.8 Å². The van der Waals surface area contributed by atoms with E-state index in [1.807, 2.05) is 12.1 Å². The standard InChI is InChI=1S/C14H18ClNO3/c1-9-6-10(2-3-17-9)16-12-8-14-13(7-11(12)15)18-4-5-19-14/h7-10,16H,2-6H2,1H3. The van der Waals surface area contributed by atoms with Crippen molar-refractivity contribution >= 4 is 17.3 Å². The van der Waals surface area contributed by atoms with E-state index in [1.165, 1.54) is 0 Å². The average Bonchev–Trinajstić information content (AvgIpc) is 2.40. The predicted molar refractivity (Wildman–Crippen MR) is 74.5 cm³/mol. The molecule has 1 saturated heterocycles. The molecule has 2 aliphatic rings. The lowest BCUT2D eigenvalue weighted by molar-refractivity contribution is 0.0232. The molecule has 0 saturated carbocycles. The number of rotatable bonds is 2. The van der Waals surface area contributed by atoms with E-state index >= 15 is 0 Å². The van der Waals surface area contributed by atoms with Crippen molar-refractivity contribution in [2.45, 2.75) is 31.9 Å². The van der Waals surface area contributed by atoms with Crippen LogP contribution >= 0.6 is 11.6 Å². The molecule has 19 heavy (non-hydrogen) atoms. The zero-order valence-electron chi connectivity index (χ0n) is 10.9. The van der Waals surface area contributed by atoms with Gasteiger partial charge in [0.1, 0.15) is 13.2 Å². The molecule has 3 rings (SSSR count). The van der Waals surface area contributed by atoms with Crippen molar-refractivity contribution < 1.29 is 14.2 Å². The number of hydrogen-bond donors (Lipinski definition) is 1. The van der Waals surface area contributed by atoms with Gasteiger partial charge in [0, 0.05) is 24.8 Å². The number of ether oxygens (including phenoxy) is 3. The van der Waals surface area contributed by atoms with Gasteiger partial charge in [0.2, 0.25) is 0 Å². The van der Waals surface area contributed by atoms with Crippen LogP contribution in [-0.4, -0.2) is 32.0 Å². The molecular formula is C14H18ClNO3. The van der Waals surface area contributed by atoms with Crippen molar-refractivity contribution in [3.05, 3.63) is 17.2 Å². The summed E-state index contributed by atoms with van der Waals surface area (Å²) in [6, 6.07) is 4.14. The topological polar surface area (TPSA) is 39.7 Å². The molecular weight excluding hydrogens is 266 g/mol. The second-order valence-electron chi connectivity index (χ2n) is 5.02. The van der Waals surface area contributed by atoms with Gasteiger partial charge in [0.15, 0.2) is 11.5 Å². The summed E-state index contributed by atoms with van der Waals surface area (Å²) in [6.45, 7) is 4.05. The summed E-state index contributed by atoms with van der Waals surface area (Å²) >= 11 is 6.29. The fourth-order valence-corrected chi connectivity index (χ4v) is 2.73. The third-order valence-electron chi connectivity index (χ3n) is 3.48. The maximum absolute atomic E-state index is 6.29. The normalized spacial score (nSPS) is 26.0. The number of hydrogen-bond acceptors (Lipinski definition) is 4. The monoisotopic (exact) mass is 283 g/mol. The number of benzene rings is 1. The van der Waals surface area contributed by atoms with Crippen LogP contribution in [0.4, 0.5) is 5.69 Å². The van der Waals surface area contributed by atoms with E-state index in [2.05, 4.69) is 12.2 Å². The van der Waals surface area contributed by atoms with Gasteiger partial charge in [-0.15, -0.1) is 0 Å². The predicted octanol–water partition coefficient (Wildman–Crippen LogP) is 3.09. The quantitative estimate of drug-likeness (QED) is 0.905. The molecule has 2 heterocycles. The lowest BCUT2D eigenvalue weighted by atomic mass is 10.0. The molecule has 1 aromatic rings. The maximum atomic E-state index is 6.29. The summed E-state index contributed by atoms with van der Waals surface area (Å²) in [5.74, 6) is 1.49. The Morgan fingerprint density at radius 2 is 1.89 bits per heavy atom. The first-order valence-corrected chi connectivity index (χ1v) is 7.07. The molecule has 5 heteroatoms. The highest BCUT2D eigenvalue weighted by molar-refractivity contribution is 6.33. The number of nitrogens with one attached hydrogen (secondary N) is 1. The largest absolute Gasteiger partial charge is 0.486 e. The Morgan fingerprint density at radius 1 is 1.16 bits per heavy atom. The second-order valence-corrected chi connectivity index (χ2v) is 5.43. The van der Waals surface area contributed by atoms with Gasteiger partial charge >= 0.3 is 0 Å². The first-order valence-electron chi connectivity index (χ1n) is 6.69. The van der Waals surface area contributed by atoms with Crippen LogP contribution in [0.15, 0.2) is 12.1 Å². The second kappa shape index (κ2) is 5.47. The van der Waals surface area contributed by atoms with Crippen LogP contribution in [0.2, 0.25) is 5.02 Å². The molecule has 0 aromatic heterocycles. The third kappa shape index (κ3) is 2.90.